The van der Waals surface area contributed by atoms with Crippen LogP contribution in [-0.4, -0.2) is 77.9 Å². The number of hydrogen-bond donors (Lipinski definition) is 2. The van der Waals surface area contributed by atoms with Crippen LogP contribution in [0.15, 0.2) is 35.5 Å². The summed E-state index contributed by atoms with van der Waals surface area (Å²) < 4.78 is 10.7. The Morgan fingerprint density at radius 1 is 1.26 bits per heavy atom. The Balaban J connectivity index is 1.39. The molecule has 0 saturated carbocycles. The number of nitrogens with one attached hydrogen (secondary N) is 1. The number of hydrogen-bond acceptors (Lipinski definition) is 9. The number of piperidine rings is 1. The molecule has 2 heterocycles. The predicted octanol–water partition coefficient (Wildman–Crippen LogP) is 2.68. The van der Waals surface area contributed by atoms with Crippen LogP contribution in [0.5, 0.6) is 0 Å². The highest BCUT2D eigenvalue weighted by Crippen LogP contribution is 2.36. The third-order valence-corrected chi connectivity index (χ3v) is 5.82. The molecule has 2 fully saturated rings. The third-order valence-electron chi connectivity index (χ3n) is 5.82. The van der Waals surface area contributed by atoms with E-state index in [1.165, 1.54) is 6.40 Å². The minimum atomic E-state index is -1.24. The molecule has 190 valence electrons. The fraction of sp³-hybridized carbons (Fsp3) is 0.667. The number of carbonyl (C=O) groups excluding carboxylic acids is 1. The molecule has 0 spiro atoms. The number of fused-ring (bicyclic) bond motifs is 2. The fourth-order valence-corrected chi connectivity index (χ4v) is 4.18. The fourth-order valence-electron chi connectivity index (χ4n) is 4.18. The maximum Gasteiger partial charge on any atom is 0.407 e. The number of ether oxygens (including phenoxy) is 2. The molecule has 0 radical (unpaired) electrons. The first-order valence-electron chi connectivity index (χ1n) is 11.8. The Kier molecular flexibility index (Phi) is 9.12. The van der Waals surface area contributed by atoms with E-state index in [2.05, 4.69) is 10.5 Å². The topological polar surface area (TPSA) is 105 Å². The molecule has 4 atom stereocenters. The average Bonchev–Trinajstić information content (AvgIpc) is 2.77. The van der Waals surface area contributed by atoms with Crippen molar-refractivity contribution in [1.82, 2.24) is 15.3 Å². The van der Waals surface area contributed by atoms with Gasteiger partial charge in [0.05, 0.1) is 13.2 Å². The van der Waals surface area contributed by atoms with E-state index in [1.807, 2.05) is 35.2 Å². The van der Waals surface area contributed by atoms with Crippen molar-refractivity contribution in [3.8, 4) is 0 Å². The zero-order valence-corrected chi connectivity index (χ0v) is 20.6. The third kappa shape index (κ3) is 7.83. The van der Waals surface area contributed by atoms with Crippen molar-refractivity contribution in [1.29, 1.82) is 0 Å². The first kappa shape index (κ1) is 26.2. The highest BCUT2D eigenvalue weighted by molar-refractivity contribution is 5.67. The molecule has 2 aliphatic rings. The lowest BCUT2D eigenvalue weighted by Gasteiger charge is -2.55. The summed E-state index contributed by atoms with van der Waals surface area (Å²) in [5, 5.41) is 19.3. The molecular weight excluding hydrogens is 440 g/mol. The van der Waals surface area contributed by atoms with Gasteiger partial charge in [0.25, 0.3) is 0 Å². The number of hydroxylamine groups is 2. The number of rotatable bonds is 10. The molecule has 2 saturated heterocycles. The van der Waals surface area contributed by atoms with Gasteiger partial charge < -0.3 is 24.7 Å². The number of nitrogens with zero attached hydrogens (tertiary/aromatic N) is 3. The first-order chi connectivity index (χ1) is 16.1. The summed E-state index contributed by atoms with van der Waals surface area (Å²) >= 11 is 0. The molecule has 1 aromatic carbocycles. The van der Waals surface area contributed by atoms with E-state index < -0.39 is 17.5 Å². The molecule has 0 aliphatic carbocycles. The van der Waals surface area contributed by atoms with Crippen molar-refractivity contribution in [3.05, 3.63) is 35.9 Å². The van der Waals surface area contributed by atoms with Crippen LogP contribution in [0.3, 0.4) is 0 Å². The second-order valence-corrected chi connectivity index (χ2v) is 9.85. The number of benzene rings is 1. The Morgan fingerprint density at radius 3 is 2.76 bits per heavy atom. The van der Waals surface area contributed by atoms with Crippen molar-refractivity contribution in [2.24, 2.45) is 11.1 Å². The largest absolute Gasteiger partial charge is 0.479 e. The van der Waals surface area contributed by atoms with Gasteiger partial charge in [-0.25, -0.2) is 4.79 Å². The zero-order valence-electron chi connectivity index (χ0n) is 20.6. The van der Waals surface area contributed by atoms with Crippen LogP contribution in [0.2, 0.25) is 0 Å². The highest BCUT2D eigenvalue weighted by atomic mass is 16.7. The minimum absolute atomic E-state index is 0.0228. The van der Waals surface area contributed by atoms with Gasteiger partial charge in [-0.1, -0.05) is 35.5 Å². The van der Waals surface area contributed by atoms with E-state index in [1.54, 1.807) is 32.8 Å². The summed E-state index contributed by atoms with van der Waals surface area (Å²) in [4.78, 5) is 24.7. The van der Waals surface area contributed by atoms with Gasteiger partial charge in [-0.15, -0.1) is 5.06 Å². The number of carbonyl (C=O) groups is 1. The van der Waals surface area contributed by atoms with Crippen LogP contribution >= 0.6 is 0 Å². The van der Waals surface area contributed by atoms with Gasteiger partial charge in [-0.05, 0) is 52.0 Å². The highest BCUT2D eigenvalue weighted by Gasteiger charge is 2.49. The minimum Gasteiger partial charge on any atom is -0.479 e. The Morgan fingerprint density at radius 2 is 2.03 bits per heavy atom. The van der Waals surface area contributed by atoms with Crippen LogP contribution in [0, 0.1) is 5.92 Å². The Labute approximate surface area is 201 Å². The maximum atomic E-state index is 11.6. The molecule has 1 aromatic rings. The molecule has 4 unspecified atom stereocenters. The standard InChI is InChI=1S/C24H38N4O6/c1-23(2,3)34-22(29)25-12-13-32-26-18-31-17-21-11-10-20-14-27(21)24(4,30)28(15-20)33-16-19-8-6-5-7-9-19/h5-9,18,20-21,30H,10-17H2,1-4H3,(H,25,29)/b26-18-. The van der Waals surface area contributed by atoms with Crippen LogP contribution in [0.1, 0.15) is 46.1 Å². The first-order valence-corrected chi connectivity index (χ1v) is 11.8. The van der Waals surface area contributed by atoms with Crippen molar-refractivity contribution in [2.45, 2.75) is 64.6 Å². The van der Waals surface area contributed by atoms with Crippen LogP contribution in [0.25, 0.3) is 0 Å². The second kappa shape index (κ2) is 11.8. The average molecular weight is 479 g/mol. The van der Waals surface area contributed by atoms with E-state index in [0.29, 0.717) is 25.7 Å². The van der Waals surface area contributed by atoms with Gasteiger partial charge in [0.1, 0.15) is 18.8 Å². The summed E-state index contributed by atoms with van der Waals surface area (Å²) in [6.07, 6.45) is 2.71. The molecule has 2 N–H and O–H groups in total. The van der Waals surface area contributed by atoms with E-state index >= 15 is 0 Å². The van der Waals surface area contributed by atoms with Gasteiger partial charge in [-0.3, -0.25) is 9.74 Å². The van der Waals surface area contributed by atoms with E-state index in [4.69, 9.17) is 19.1 Å². The van der Waals surface area contributed by atoms with Gasteiger partial charge in [0.2, 0.25) is 6.40 Å². The summed E-state index contributed by atoms with van der Waals surface area (Å²) in [5.41, 5.74) is 0.515. The molecular formula is C24H38N4O6. The maximum absolute atomic E-state index is 11.6. The molecule has 1 amide bonds. The molecule has 34 heavy (non-hydrogen) atoms. The quantitative estimate of drug-likeness (QED) is 0.229. The summed E-state index contributed by atoms with van der Waals surface area (Å²) in [6, 6.07) is 9.95. The van der Waals surface area contributed by atoms with E-state index in [9.17, 15) is 9.90 Å². The molecule has 2 aliphatic heterocycles. The normalized spacial score (nSPS) is 27.4. The SMILES string of the molecule is CC(C)(C)OC(=O)NCCO/N=C\OCC1CCC2CN(OCc3ccccc3)C(C)(O)N1C2. The summed E-state index contributed by atoms with van der Waals surface area (Å²) in [6.45, 7) is 9.89. The van der Waals surface area contributed by atoms with Gasteiger partial charge >= 0.3 is 6.09 Å². The Hall–Kier alpha value is -2.40. The second-order valence-electron chi connectivity index (χ2n) is 9.85. The van der Waals surface area contributed by atoms with E-state index in [0.717, 1.165) is 24.9 Å². The lowest BCUT2D eigenvalue weighted by Crippen LogP contribution is -2.70. The van der Waals surface area contributed by atoms with Crippen LogP contribution < -0.4 is 5.32 Å². The number of aliphatic hydroxyl groups is 1. The van der Waals surface area contributed by atoms with Crippen molar-refractivity contribution in [2.75, 3.05) is 32.8 Å². The van der Waals surface area contributed by atoms with E-state index in [-0.39, 0.29) is 19.2 Å². The number of alkyl carbamates (subject to hydrolysis) is 1. The monoisotopic (exact) mass is 478 g/mol. The van der Waals surface area contributed by atoms with Crippen molar-refractivity contribution >= 4 is 12.5 Å². The van der Waals surface area contributed by atoms with Crippen molar-refractivity contribution < 1.29 is 29.0 Å². The molecule has 10 nitrogen and oxygen atoms in total. The summed E-state index contributed by atoms with van der Waals surface area (Å²) in [7, 11) is 0. The smallest absolute Gasteiger partial charge is 0.407 e. The van der Waals surface area contributed by atoms with Gasteiger partial charge in [0.15, 0.2) is 5.85 Å². The molecule has 2 bridgehead atoms. The molecule has 0 aromatic heterocycles. The number of amides is 1. The predicted molar refractivity (Wildman–Crippen MR) is 126 cm³/mol. The zero-order chi connectivity index (χ0) is 24.6. The Bertz CT molecular complexity index is 798. The molecule has 3 rings (SSSR count). The molecule has 10 heteroatoms. The summed E-state index contributed by atoms with van der Waals surface area (Å²) in [5.74, 6) is -0.803. The lowest BCUT2D eigenvalue weighted by molar-refractivity contribution is -0.378. The lowest BCUT2D eigenvalue weighted by atomic mass is 9.89. The van der Waals surface area contributed by atoms with Crippen LogP contribution in [-0.2, 0) is 25.8 Å². The number of oxime groups is 1. The van der Waals surface area contributed by atoms with Crippen LogP contribution in [0.4, 0.5) is 4.79 Å². The van der Waals surface area contributed by atoms with Gasteiger partial charge in [0, 0.05) is 19.1 Å². The van der Waals surface area contributed by atoms with Gasteiger partial charge in [-0.2, -0.15) is 0 Å². The van der Waals surface area contributed by atoms with Crippen molar-refractivity contribution in [3.63, 3.8) is 0 Å².